The van der Waals surface area contributed by atoms with E-state index < -0.39 is 36.3 Å². The summed E-state index contributed by atoms with van der Waals surface area (Å²) < 4.78 is 13.2. The summed E-state index contributed by atoms with van der Waals surface area (Å²) in [4.78, 5) is 30.9. The van der Waals surface area contributed by atoms with Crippen molar-refractivity contribution in [1.82, 2.24) is 10.2 Å². The lowest BCUT2D eigenvalue weighted by Crippen LogP contribution is -2.46. The third kappa shape index (κ3) is 8.20. The second-order valence-electron chi connectivity index (χ2n) is 5.81. The number of nitrogens with zero attached hydrogens (tertiary/aromatic N) is 1. The number of likely N-dealkylation sites (tertiary alicyclic amines) is 1. The molecule has 1 saturated heterocycles. The van der Waals surface area contributed by atoms with Gasteiger partial charge in [0.25, 0.3) is 0 Å². The topological polar surface area (TPSA) is 147 Å². The van der Waals surface area contributed by atoms with E-state index in [1.807, 2.05) is 0 Å². The molecule has 27 heavy (non-hydrogen) atoms. The summed E-state index contributed by atoms with van der Waals surface area (Å²) in [6.45, 7) is 1.07. The van der Waals surface area contributed by atoms with Crippen LogP contribution in [0.5, 0.6) is 0 Å². The number of carboxylic acid groups (broad SMARTS) is 3. The molecule has 0 aliphatic carbocycles. The first-order chi connectivity index (χ1) is 12.6. The first kappa shape index (κ1) is 22.6. The van der Waals surface area contributed by atoms with E-state index in [4.69, 9.17) is 36.5 Å². The van der Waals surface area contributed by atoms with Crippen molar-refractivity contribution in [2.75, 3.05) is 19.6 Å². The summed E-state index contributed by atoms with van der Waals surface area (Å²) in [5, 5.41) is 36.8. The van der Waals surface area contributed by atoms with Gasteiger partial charge in [-0.3, -0.25) is 4.90 Å². The monoisotopic (exact) mass is 406 g/mol. The largest absolute Gasteiger partial charge is 0.473 e. The van der Waals surface area contributed by atoms with Gasteiger partial charge in [-0.05, 0) is 24.1 Å². The van der Waals surface area contributed by atoms with E-state index in [-0.39, 0.29) is 13.1 Å². The number of halogens is 2. The van der Waals surface area contributed by atoms with Gasteiger partial charge in [0, 0.05) is 24.7 Å². The van der Waals surface area contributed by atoms with Crippen LogP contribution in [0.25, 0.3) is 0 Å². The maximum Gasteiger partial charge on any atom is 0.414 e. The predicted molar refractivity (Wildman–Crippen MR) is 92.6 cm³/mol. The molecule has 0 radical (unpaired) electrons. The van der Waals surface area contributed by atoms with Crippen molar-refractivity contribution in [3.05, 3.63) is 34.9 Å². The van der Waals surface area contributed by atoms with Crippen LogP contribution in [-0.2, 0) is 9.59 Å². The number of hydrogen-bond acceptors (Lipinski definition) is 5. The molecule has 1 aromatic rings. The zero-order chi connectivity index (χ0) is 20.6. The van der Waals surface area contributed by atoms with E-state index in [1.165, 1.54) is 0 Å². The highest BCUT2D eigenvalue weighted by Gasteiger charge is 2.29. The zero-order valence-electron chi connectivity index (χ0n) is 14.1. The molecule has 0 saturated carbocycles. The molecule has 11 heteroatoms. The van der Waals surface area contributed by atoms with E-state index in [1.54, 1.807) is 29.2 Å². The predicted octanol–water partition coefficient (Wildman–Crippen LogP) is 1.21. The molecule has 1 aromatic carbocycles. The minimum atomic E-state index is -1.82. The molecule has 2 rings (SSSR count). The second kappa shape index (κ2) is 10.7. The fourth-order valence-electron chi connectivity index (χ4n) is 2.54. The second-order valence-corrected chi connectivity index (χ2v) is 6.25. The maximum atomic E-state index is 13.2. The van der Waals surface area contributed by atoms with Gasteiger partial charge in [0.1, 0.15) is 12.3 Å². The van der Waals surface area contributed by atoms with Crippen LogP contribution >= 0.6 is 11.6 Å². The van der Waals surface area contributed by atoms with E-state index in [0.717, 1.165) is 0 Å². The first-order valence-corrected chi connectivity index (χ1v) is 8.23. The van der Waals surface area contributed by atoms with E-state index in [2.05, 4.69) is 5.32 Å². The molecule has 0 bridgehead atoms. The normalized spacial score (nSPS) is 18.7. The molecule has 9 nitrogen and oxygen atoms in total. The van der Waals surface area contributed by atoms with Crippen molar-refractivity contribution in [2.45, 2.75) is 24.7 Å². The molecule has 5 N–H and O–H groups in total. The molecule has 0 aromatic heterocycles. The fraction of sp³-hybridized carbons (Fsp3) is 0.438. The highest BCUT2D eigenvalue weighted by Crippen LogP contribution is 2.22. The van der Waals surface area contributed by atoms with E-state index >= 15 is 0 Å². The van der Waals surface area contributed by atoms with Crippen LogP contribution in [0, 0.1) is 0 Å². The highest BCUT2D eigenvalue weighted by atomic mass is 35.5. The Bertz CT molecular complexity index is 664. The number of amides is 1. The Hall–Kier alpha value is -2.43. The average molecular weight is 407 g/mol. The Kier molecular flexibility index (Phi) is 8.92. The van der Waals surface area contributed by atoms with Crippen LogP contribution in [0.3, 0.4) is 0 Å². The van der Waals surface area contributed by atoms with Gasteiger partial charge in [-0.2, -0.15) is 0 Å². The van der Waals surface area contributed by atoms with Gasteiger partial charge in [0.15, 0.2) is 0 Å². The lowest BCUT2D eigenvalue weighted by atomic mass is 10.0. The van der Waals surface area contributed by atoms with Crippen LogP contribution < -0.4 is 5.32 Å². The van der Waals surface area contributed by atoms with Crippen LogP contribution in [0.4, 0.5) is 9.18 Å². The van der Waals surface area contributed by atoms with Crippen LogP contribution in [-0.4, -0.2) is 75.2 Å². The average Bonchev–Trinajstić information content (AvgIpc) is 2.98. The quantitative estimate of drug-likeness (QED) is 0.458. The minimum absolute atomic E-state index is 0.250. The summed E-state index contributed by atoms with van der Waals surface area (Å²) in [6.07, 6.45) is -2.72. The number of carbonyl (C=O) groups is 3. The van der Waals surface area contributed by atoms with Crippen molar-refractivity contribution in [2.24, 2.45) is 0 Å². The van der Waals surface area contributed by atoms with Gasteiger partial charge in [-0.25, -0.2) is 18.8 Å². The fourth-order valence-corrected chi connectivity index (χ4v) is 2.73. The van der Waals surface area contributed by atoms with E-state index in [9.17, 15) is 14.3 Å². The number of nitrogens with one attached hydrogen (secondary N) is 1. The SMILES string of the molecule is O=C(O)C(=O)O.O=C(O)NC(CN1CC[C@@H](F)C1)C(O)c1cccc(Cl)c1. The van der Waals surface area contributed by atoms with Crippen molar-refractivity contribution in [1.29, 1.82) is 0 Å². The van der Waals surface area contributed by atoms with Gasteiger partial charge < -0.3 is 25.7 Å². The number of rotatable bonds is 5. The standard InChI is InChI=1S/C14H18ClFN2O3.C2H2O4/c15-10-3-1-2-9(6-10)13(19)12(17-14(20)21)8-18-5-4-11(16)7-18;3-1(4)2(5)6/h1-3,6,11-13,17,19H,4-5,7-8H2,(H,20,21);(H,3,4)(H,5,6)/t11-,12?,13?;/m1./s1. The van der Waals surface area contributed by atoms with Crippen molar-refractivity contribution >= 4 is 29.6 Å². The Morgan fingerprint density at radius 3 is 2.33 bits per heavy atom. The van der Waals surface area contributed by atoms with Gasteiger partial charge >= 0.3 is 18.0 Å². The summed E-state index contributed by atoms with van der Waals surface area (Å²) in [5.41, 5.74) is 0.525. The number of alkyl halides is 1. The first-order valence-electron chi connectivity index (χ1n) is 7.85. The maximum absolute atomic E-state index is 13.2. The smallest absolute Gasteiger partial charge is 0.414 e. The molecule has 1 fully saturated rings. The van der Waals surface area contributed by atoms with E-state index in [0.29, 0.717) is 23.6 Å². The van der Waals surface area contributed by atoms with Crippen LogP contribution in [0.1, 0.15) is 18.1 Å². The molecule has 0 spiro atoms. The molecule has 2 unspecified atom stereocenters. The molecular weight excluding hydrogens is 387 g/mol. The Morgan fingerprint density at radius 2 is 1.89 bits per heavy atom. The van der Waals surface area contributed by atoms with Gasteiger partial charge in [0.2, 0.25) is 0 Å². The number of aliphatic hydroxyl groups is 1. The van der Waals surface area contributed by atoms with Crippen molar-refractivity contribution in [3.63, 3.8) is 0 Å². The molecular formula is C16H20ClFN2O7. The summed E-state index contributed by atoms with van der Waals surface area (Å²) in [7, 11) is 0. The summed E-state index contributed by atoms with van der Waals surface area (Å²) in [6, 6.07) is 5.88. The summed E-state index contributed by atoms with van der Waals surface area (Å²) >= 11 is 5.88. The molecule has 1 amide bonds. The molecule has 1 heterocycles. The number of aliphatic carboxylic acids is 2. The van der Waals surface area contributed by atoms with Gasteiger partial charge in [0.05, 0.1) is 6.04 Å². The minimum Gasteiger partial charge on any atom is -0.473 e. The summed E-state index contributed by atoms with van der Waals surface area (Å²) in [5.74, 6) is -3.65. The number of benzene rings is 1. The zero-order valence-corrected chi connectivity index (χ0v) is 14.8. The van der Waals surface area contributed by atoms with Gasteiger partial charge in [-0.15, -0.1) is 0 Å². The lowest BCUT2D eigenvalue weighted by Gasteiger charge is -2.27. The van der Waals surface area contributed by atoms with Crippen LogP contribution in [0.15, 0.2) is 24.3 Å². The number of carboxylic acids is 2. The number of aliphatic hydroxyl groups excluding tert-OH is 1. The Morgan fingerprint density at radius 1 is 1.26 bits per heavy atom. The van der Waals surface area contributed by atoms with Crippen LogP contribution in [0.2, 0.25) is 5.02 Å². The highest BCUT2D eigenvalue weighted by molar-refractivity contribution is 6.30. The van der Waals surface area contributed by atoms with Crippen molar-refractivity contribution < 1.29 is 39.2 Å². The molecule has 1 aliphatic rings. The molecule has 3 atom stereocenters. The van der Waals surface area contributed by atoms with Crippen molar-refractivity contribution in [3.8, 4) is 0 Å². The Labute approximate surface area is 159 Å². The third-order valence-electron chi connectivity index (χ3n) is 3.73. The lowest BCUT2D eigenvalue weighted by molar-refractivity contribution is -0.159. The molecule has 150 valence electrons. The molecule has 1 aliphatic heterocycles. The van der Waals surface area contributed by atoms with Gasteiger partial charge in [-0.1, -0.05) is 23.7 Å². The Balaban J connectivity index is 0.000000527. The number of hydrogen-bond donors (Lipinski definition) is 5. The third-order valence-corrected chi connectivity index (χ3v) is 3.97.